The monoisotopic (exact) mass is 265 g/mol. The van der Waals surface area contributed by atoms with Crippen LogP contribution < -0.4 is 0 Å². The maximum Gasteiger partial charge on any atom is 0.354 e. The number of fused-ring (bicyclic) bond motifs is 1. The molecule has 3 aromatic rings. The van der Waals surface area contributed by atoms with Gasteiger partial charge in [0, 0.05) is 5.39 Å². The third kappa shape index (κ3) is 2.19. The van der Waals surface area contributed by atoms with Gasteiger partial charge in [0.15, 0.2) is 0 Å². The van der Waals surface area contributed by atoms with E-state index in [2.05, 4.69) is 4.98 Å². The number of aromatic hydroxyl groups is 1. The van der Waals surface area contributed by atoms with E-state index in [-0.39, 0.29) is 11.4 Å². The summed E-state index contributed by atoms with van der Waals surface area (Å²) in [6.45, 7) is 0. The lowest BCUT2D eigenvalue weighted by molar-refractivity contribution is 0.0691. The second-order valence-corrected chi connectivity index (χ2v) is 4.46. The van der Waals surface area contributed by atoms with Crippen molar-refractivity contribution in [2.45, 2.75) is 0 Å². The average Bonchev–Trinajstić information content (AvgIpc) is 2.47. The van der Waals surface area contributed by atoms with E-state index in [0.29, 0.717) is 5.52 Å². The Bertz CT molecular complexity index is 794. The SMILES string of the molecule is O=C(O)c1ccc2cc(-c3ccc(O)cc3)ccc2n1. The highest BCUT2D eigenvalue weighted by Gasteiger charge is 2.06. The van der Waals surface area contributed by atoms with Gasteiger partial charge in [-0.2, -0.15) is 0 Å². The summed E-state index contributed by atoms with van der Waals surface area (Å²) in [5.74, 6) is -0.809. The van der Waals surface area contributed by atoms with E-state index in [1.54, 1.807) is 24.3 Å². The first-order chi connectivity index (χ1) is 9.63. The summed E-state index contributed by atoms with van der Waals surface area (Å²) < 4.78 is 0. The van der Waals surface area contributed by atoms with Crippen LogP contribution in [0.2, 0.25) is 0 Å². The Labute approximate surface area is 115 Å². The number of aromatic nitrogens is 1. The van der Waals surface area contributed by atoms with Crippen molar-refractivity contribution < 1.29 is 15.0 Å². The van der Waals surface area contributed by atoms with Crippen LogP contribution in [0.25, 0.3) is 22.0 Å². The molecule has 0 unspecified atom stereocenters. The smallest absolute Gasteiger partial charge is 0.354 e. The lowest BCUT2D eigenvalue weighted by Crippen LogP contribution is -1.99. The number of rotatable bonds is 2. The topological polar surface area (TPSA) is 70.4 Å². The predicted octanol–water partition coefficient (Wildman–Crippen LogP) is 3.31. The molecule has 3 rings (SSSR count). The Morgan fingerprint density at radius 3 is 2.30 bits per heavy atom. The van der Waals surface area contributed by atoms with E-state index in [1.807, 2.05) is 24.3 Å². The quantitative estimate of drug-likeness (QED) is 0.745. The molecule has 1 aromatic heterocycles. The highest BCUT2D eigenvalue weighted by atomic mass is 16.4. The van der Waals surface area contributed by atoms with Gasteiger partial charge in [-0.1, -0.05) is 24.3 Å². The molecule has 0 fully saturated rings. The summed E-state index contributed by atoms with van der Waals surface area (Å²) in [4.78, 5) is 15.0. The van der Waals surface area contributed by atoms with Crippen molar-refractivity contribution in [1.29, 1.82) is 0 Å². The van der Waals surface area contributed by atoms with Crippen LogP contribution in [0.5, 0.6) is 5.75 Å². The molecule has 20 heavy (non-hydrogen) atoms. The van der Waals surface area contributed by atoms with Crippen LogP contribution >= 0.6 is 0 Å². The molecule has 0 spiro atoms. The molecule has 0 aliphatic rings. The fraction of sp³-hybridized carbons (Fsp3) is 0. The zero-order valence-electron chi connectivity index (χ0n) is 10.4. The van der Waals surface area contributed by atoms with Gasteiger partial charge in [-0.05, 0) is 41.5 Å². The fourth-order valence-corrected chi connectivity index (χ4v) is 2.08. The molecule has 2 aromatic carbocycles. The van der Waals surface area contributed by atoms with Gasteiger partial charge in [0.2, 0.25) is 0 Å². The Hall–Kier alpha value is -2.88. The first kappa shape index (κ1) is 12.2. The normalized spacial score (nSPS) is 10.6. The van der Waals surface area contributed by atoms with E-state index in [0.717, 1.165) is 16.5 Å². The van der Waals surface area contributed by atoms with Crippen LogP contribution in [-0.4, -0.2) is 21.2 Å². The van der Waals surface area contributed by atoms with Gasteiger partial charge in [-0.25, -0.2) is 9.78 Å². The minimum atomic E-state index is -1.03. The molecule has 0 aliphatic carbocycles. The van der Waals surface area contributed by atoms with Gasteiger partial charge in [0.1, 0.15) is 11.4 Å². The van der Waals surface area contributed by atoms with Crippen molar-refractivity contribution >= 4 is 16.9 Å². The third-order valence-electron chi connectivity index (χ3n) is 3.11. The maximum atomic E-state index is 10.9. The lowest BCUT2D eigenvalue weighted by Gasteiger charge is -2.05. The van der Waals surface area contributed by atoms with Gasteiger partial charge in [0.05, 0.1) is 5.52 Å². The molecule has 98 valence electrons. The van der Waals surface area contributed by atoms with Crippen LogP contribution in [0.3, 0.4) is 0 Å². The molecule has 4 heteroatoms. The van der Waals surface area contributed by atoms with Gasteiger partial charge >= 0.3 is 5.97 Å². The Balaban J connectivity index is 2.09. The largest absolute Gasteiger partial charge is 0.508 e. The summed E-state index contributed by atoms with van der Waals surface area (Å²) in [6.07, 6.45) is 0. The fourth-order valence-electron chi connectivity index (χ4n) is 2.08. The number of hydrogen-bond donors (Lipinski definition) is 2. The van der Waals surface area contributed by atoms with Gasteiger partial charge in [-0.15, -0.1) is 0 Å². The number of phenols is 1. The predicted molar refractivity (Wildman–Crippen MR) is 75.8 cm³/mol. The number of carbonyl (C=O) groups is 1. The molecule has 0 bridgehead atoms. The Morgan fingerprint density at radius 1 is 0.900 bits per heavy atom. The molecule has 0 aliphatic heterocycles. The number of phenolic OH excluding ortho intramolecular Hbond substituents is 1. The minimum absolute atomic E-state index is 0.0369. The van der Waals surface area contributed by atoms with Gasteiger partial charge < -0.3 is 10.2 Å². The van der Waals surface area contributed by atoms with Crippen LogP contribution in [0.15, 0.2) is 54.6 Å². The van der Waals surface area contributed by atoms with Crippen molar-refractivity contribution in [2.75, 3.05) is 0 Å². The zero-order chi connectivity index (χ0) is 14.1. The van der Waals surface area contributed by atoms with E-state index in [1.165, 1.54) is 6.07 Å². The van der Waals surface area contributed by atoms with Crippen LogP contribution in [0.4, 0.5) is 0 Å². The number of hydrogen-bond acceptors (Lipinski definition) is 3. The van der Waals surface area contributed by atoms with Crippen molar-refractivity contribution in [3.63, 3.8) is 0 Å². The maximum absolute atomic E-state index is 10.9. The molecular formula is C16H11NO3. The first-order valence-corrected chi connectivity index (χ1v) is 6.07. The van der Waals surface area contributed by atoms with E-state index in [4.69, 9.17) is 5.11 Å². The van der Waals surface area contributed by atoms with Crippen LogP contribution in [0, 0.1) is 0 Å². The minimum Gasteiger partial charge on any atom is -0.508 e. The molecule has 4 nitrogen and oxygen atoms in total. The summed E-state index contributed by atoms with van der Waals surface area (Å²) in [6, 6.07) is 15.8. The van der Waals surface area contributed by atoms with Crippen LogP contribution in [0.1, 0.15) is 10.5 Å². The molecule has 2 N–H and O–H groups in total. The number of pyridine rings is 1. The van der Waals surface area contributed by atoms with E-state index in [9.17, 15) is 9.90 Å². The molecule has 0 radical (unpaired) electrons. The van der Waals surface area contributed by atoms with E-state index < -0.39 is 5.97 Å². The molecular weight excluding hydrogens is 254 g/mol. The van der Waals surface area contributed by atoms with Crippen molar-refractivity contribution in [3.05, 3.63) is 60.3 Å². The van der Waals surface area contributed by atoms with Crippen LogP contribution in [-0.2, 0) is 0 Å². The molecule has 0 amide bonds. The van der Waals surface area contributed by atoms with Gasteiger partial charge in [0.25, 0.3) is 0 Å². The standard InChI is InChI=1S/C16H11NO3/c18-13-5-1-10(2-6-13)11-3-7-14-12(9-11)4-8-15(17-14)16(19)20/h1-9,18H,(H,19,20). The number of nitrogens with zero attached hydrogens (tertiary/aromatic N) is 1. The summed E-state index contributed by atoms with van der Waals surface area (Å²) >= 11 is 0. The molecule has 0 saturated carbocycles. The summed E-state index contributed by atoms with van der Waals surface area (Å²) in [5, 5.41) is 19.1. The lowest BCUT2D eigenvalue weighted by atomic mass is 10.0. The highest BCUT2D eigenvalue weighted by Crippen LogP contribution is 2.25. The number of carboxylic acids is 1. The number of benzene rings is 2. The highest BCUT2D eigenvalue weighted by molar-refractivity contribution is 5.91. The second kappa shape index (κ2) is 4.66. The number of aromatic carboxylic acids is 1. The average molecular weight is 265 g/mol. The Kier molecular flexibility index (Phi) is 2.84. The van der Waals surface area contributed by atoms with Crippen molar-refractivity contribution in [2.24, 2.45) is 0 Å². The second-order valence-electron chi connectivity index (χ2n) is 4.46. The Morgan fingerprint density at radius 2 is 1.60 bits per heavy atom. The summed E-state index contributed by atoms with van der Waals surface area (Å²) in [7, 11) is 0. The summed E-state index contributed by atoms with van der Waals surface area (Å²) in [5.41, 5.74) is 2.65. The number of carboxylic acid groups (broad SMARTS) is 1. The zero-order valence-corrected chi connectivity index (χ0v) is 10.4. The first-order valence-electron chi connectivity index (χ1n) is 6.07. The molecule has 1 heterocycles. The third-order valence-corrected chi connectivity index (χ3v) is 3.11. The molecule has 0 atom stereocenters. The molecule has 0 saturated heterocycles. The van der Waals surface area contributed by atoms with Gasteiger partial charge in [-0.3, -0.25) is 0 Å². The van der Waals surface area contributed by atoms with Crippen molar-refractivity contribution in [3.8, 4) is 16.9 Å². The van der Waals surface area contributed by atoms with Crippen molar-refractivity contribution in [1.82, 2.24) is 4.98 Å². The van der Waals surface area contributed by atoms with E-state index >= 15 is 0 Å².